The van der Waals surface area contributed by atoms with E-state index in [1.54, 1.807) is 0 Å². The molecular weight excluding hydrogens is 306 g/mol. The van der Waals surface area contributed by atoms with Crippen LogP contribution in [0.1, 0.15) is 61.4 Å². The number of H-pyrrole nitrogens is 1. The van der Waals surface area contributed by atoms with Crippen LogP contribution in [0.5, 0.6) is 0 Å². The second-order valence-electron chi connectivity index (χ2n) is 6.65. The van der Waals surface area contributed by atoms with Crippen molar-refractivity contribution in [2.75, 3.05) is 5.32 Å². The van der Waals surface area contributed by atoms with Crippen molar-refractivity contribution in [3.8, 4) is 0 Å². The Hall–Kier alpha value is -2.18. The van der Waals surface area contributed by atoms with E-state index in [4.69, 9.17) is 4.52 Å². The van der Waals surface area contributed by atoms with Gasteiger partial charge in [0.05, 0.1) is 5.69 Å². The van der Waals surface area contributed by atoms with E-state index in [1.165, 1.54) is 25.7 Å². The fourth-order valence-corrected chi connectivity index (χ4v) is 3.39. The summed E-state index contributed by atoms with van der Waals surface area (Å²) in [7, 11) is 0. The van der Waals surface area contributed by atoms with Gasteiger partial charge in [0.1, 0.15) is 11.6 Å². The molecule has 1 aliphatic carbocycles. The minimum absolute atomic E-state index is 0.101. The standard InChI is InChI=1S/C17H25N5O2/c1-11-14(12(2)24-22-11)8-10-16(23)19-17-18-15(20-21-17)9-7-13-5-3-4-6-13/h13H,3-10H2,1-2H3,(H2,18,19,20,21,23). The average Bonchev–Trinajstić information content (AvgIpc) is 3.27. The van der Waals surface area contributed by atoms with E-state index in [0.717, 1.165) is 41.6 Å². The lowest BCUT2D eigenvalue weighted by Gasteiger charge is -2.05. The van der Waals surface area contributed by atoms with Crippen molar-refractivity contribution in [3.05, 3.63) is 22.8 Å². The molecule has 7 nitrogen and oxygen atoms in total. The SMILES string of the molecule is Cc1noc(C)c1CCC(=O)Nc1n[nH]c(CCC2CCCC2)n1. The number of carbonyl (C=O) groups is 1. The maximum atomic E-state index is 12.1. The van der Waals surface area contributed by atoms with Crippen LogP contribution in [0.15, 0.2) is 4.52 Å². The minimum atomic E-state index is -0.101. The van der Waals surface area contributed by atoms with Gasteiger partial charge in [-0.3, -0.25) is 15.2 Å². The Bertz CT molecular complexity index is 665. The topological polar surface area (TPSA) is 96.7 Å². The van der Waals surface area contributed by atoms with Crippen molar-refractivity contribution < 1.29 is 9.32 Å². The Morgan fingerprint density at radius 2 is 2.08 bits per heavy atom. The molecule has 24 heavy (non-hydrogen) atoms. The molecule has 0 saturated heterocycles. The molecule has 2 aromatic rings. The molecular formula is C17H25N5O2. The fourth-order valence-electron chi connectivity index (χ4n) is 3.39. The first kappa shape index (κ1) is 16.7. The molecule has 3 rings (SSSR count). The van der Waals surface area contributed by atoms with Crippen LogP contribution >= 0.6 is 0 Å². The van der Waals surface area contributed by atoms with Crippen LogP contribution in [-0.4, -0.2) is 26.2 Å². The molecule has 1 aliphatic rings. The van der Waals surface area contributed by atoms with Crippen LogP contribution in [-0.2, 0) is 17.6 Å². The highest BCUT2D eigenvalue weighted by atomic mass is 16.5. The Morgan fingerprint density at radius 1 is 1.29 bits per heavy atom. The molecule has 0 atom stereocenters. The highest BCUT2D eigenvalue weighted by Gasteiger charge is 2.16. The summed E-state index contributed by atoms with van der Waals surface area (Å²) in [4.78, 5) is 16.4. The maximum Gasteiger partial charge on any atom is 0.248 e. The van der Waals surface area contributed by atoms with Gasteiger partial charge in [0.15, 0.2) is 0 Å². The summed E-state index contributed by atoms with van der Waals surface area (Å²) in [5.41, 5.74) is 1.84. The zero-order chi connectivity index (χ0) is 16.9. The first-order chi connectivity index (χ1) is 11.6. The van der Waals surface area contributed by atoms with Gasteiger partial charge in [0.25, 0.3) is 0 Å². The molecule has 7 heteroatoms. The number of nitrogens with one attached hydrogen (secondary N) is 2. The van der Waals surface area contributed by atoms with Gasteiger partial charge in [-0.15, -0.1) is 5.10 Å². The molecule has 0 unspecified atom stereocenters. The largest absolute Gasteiger partial charge is 0.361 e. The number of hydrogen-bond donors (Lipinski definition) is 2. The van der Waals surface area contributed by atoms with Gasteiger partial charge in [-0.2, -0.15) is 4.98 Å². The van der Waals surface area contributed by atoms with Gasteiger partial charge >= 0.3 is 0 Å². The van der Waals surface area contributed by atoms with Crippen molar-refractivity contribution in [1.82, 2.24) is 20.3 Å². The molecule has 130 valence electrons. The van der Waals surface area contributed by atoms with Gasteiger partial charge < -0.3 is 4.52 Å². The molecule has 0 aromatic carbocycles. The highest BCUT2D eigenvalue weighted by molar-refractivity contribution is 5.89. The second kappa shape index (κ2) is 7.59. The fraction of sp³-hybridized carbons (Fsp3) is 0.647. The third-order valence-electron chi connectivity index (χ3n) is 4.83. The van der Waals surface area contributed by atoms with Gasteiger partial charge in [-0.05, 0) is 32.6 Å². The Morgan fingerprint density at radius 3 is 2.79 bits per heavy atom. The molecule has 0 radical (unpaired) electrons. The van der Waals surface area contributed by atoms with Crippen LogP contribution in [0.25, 0.3) is 0 Å². The lowest BCUT2D eigenvalue weighted by Crippen LogP contribution is -2.13. The van der Waals surface area contributed by atoms with Crippen LogP contribution in [0.2, 0.25) is 0 Å². The second-order valence-corrected chi connectivity index (χ2v) is 6.65. The van der Waals surface area contributed by atoms with E-state index < -0.39 is 0 Å². The first-order valence-electron chi connectivity index (χ1n) is 8.74. The molecule has 2 aromatic heterocycles. The number of rotatable bonds is 7. The van der Waals surface area contributed by atoms with Crippen molar-refractivity contribution >= 4 is 11.9 Å². The predicted molar refractivity (Wildman–Crippen MR) is 89.6 cm³/mol. The van der Waals surface area contributed by atoms with Crippen LogP contribution in [0.3, 0.4) is 0 Å². The van der Waals surface area contributed by atoms with E-state index in [-0.39, 0.29) is 5.91 Å². The number of aromatic amines is 1. The lowest BCUT2D eigenvalue weighted by atomic mass is 10.0. The number of hydrogen-bond acceptors (Lipinski definition) is 5. The number of aryl methyl sites for hydroxylation is 3. The van der Waals surface area contributed by atoms with E-state index in [9.17, 15) is 4.79 Å². The molecule has 0 aliphatic heterocycles. The number of nitrogens with zero attached hydrogens (tertiary/aromatic N) is 3. The zero-order valence-corrected chi connectivity index (χ0v) is 14.4. The summed E-state index contributed by atoms with van der Waals surface area (Å²) in [6, 6.07) is 0. The zero-order valence-electron chi connectivity index (χ0n) is 14.4. The monoisotopic (exact) mass is 331 g/mol. The Labute approximate surface area is 141 Å². The number of anilines is 1. The first-order valence-corrected chi connectivity index (χ1v) is 8.74. The normalized spacial score (nSPS) is 15.1. The summed E-state index contributed by atoms with van der Waals surface area (Å²) in [6.07, 6.45) is 8.38. The van der Waals surface area contributed by atoms with Crippen LogP contribution < -0.4 is 5.32 Å². The molecule has 1 fully saturated rings. The summed E-state index contributed by atoms with van der Waals surface area (Å²) in [5, 5.41) is 13.7. The predicted octanol–water partition coefficient (Wildman–Crippen LogP) is 3.10. The van der Waals surface area contributed by atoms with E-state index in [2.05, 4.69) is 25.7 Å². The van der Waals surface area contributed by atoms with Gasteiger partial charge in [0.2, 0.25) is 11.9 Å². The van der Waals surface area contributed by atoms with E-state index in [0.29, 0.717) is 18.8 Å². The third kappa shape index (κ3) is 4.21. The lowest BCUT2D eigenvalue weighted by molar-refractivity contribution is -0.116. The van der Waals surface area contributed by atoms with Crippen molar-refractivity contribution in [2.45, 2.75) is 65.2 Å². The van der Waals surface area contributed by atoms with Crippen molar-refractivity contribution in [3.63, 3.8) is 0 Å². The average molecular weight is 331 g/mol. The quantitative estimate of drug-likeness (QED) is 0.812. The molecule has 2 heterocycles. The number of carbonyl (C=O) groups excluding carboxylic acids is 1. The summed E-state index contributed by atoms with van der Waals surface area (Å²) in [5.74, 6) is 2.70. The van der Waals surface area contributed by atoms with Crippen molar-refractivity contribution in [2.24, 2.45) is 5.92 Å². The van der Waals surface area contributed by atoms with Gasteiger partial charge in [-0.25, -0.2) is 0 Å². The maximum absolute atomic E-state index is 12.1. The Kier molecular flexibility index (Phi) is 5.27. The summed E-state index contributed by atoms with van der Waals surface area (Å²) < 4.78 is 5.11. The number of aromatic nitrogens is 4. The number of amides is 1. The Balaban J connectivity index is 1.44. The molecule has 1 saturated carbocycles. The highest BCUT2D eigenvalue weighted by Crippen LogP contribution is 2.28. The third-order valence-corrected chi connectivity index (χ3v) is 4.83. The molecule has 0 spiro atoms. The molecule has 1 amide bonds. The molecule has 0 bridgehead atoms. The van der Waals surface area contributed by atoms with Crippen LogP contribution in [0.4, 0.5) is 5.95 Å². The summed E-state index contributed by atoms with van der Waals surface area (Å²) in [6.45, 7) is 3.74. The van der Waals surface area contributed by atoms with E-state index >= 15 is 0 Å². The van der Waals surface area contributed by atoms with Crippen molar-refractivity contribution in [1.29, 1.82) is 0 Å². The summed E-state index contributed by atoms with van der Waals surface area (Å²) >= 11 is 0. The minimum Gasteiger partial charge on any atom is -0.361 e. The van der Waals surface area contributed by atoms with Crippen LogP contribution in [0, 0.1) is 19.8 Å². The smallest absolute Gasteiger partial charge is 0.248 e. The van der Waals surface area contributed by atoms with Gasteiger partial charge in [0, 0.05) is 18.4 Å². The van der Waals surface area contributed by atoms with E-state index in [1.807, 2.05) is 13.8 Å². The molecule has 2 N–H and O–H groups in total. The van der Waals surface area contributed by atoms with Gasteiger partial charge in [-0.1, -0.05) is 30.8 Å².